The lowest BCUT2D eigenvalue weighted by Gasteiger charge is -2.33. The number of aliphatic imine (C=N–C) groups is 1. The van der Waals surface area contributed by atoms with E-state index in [1.165, 1.54) is 19.1 Å². The smallest absolute Gasteiger partial charge is 0.283 e. The Labute approximate surface area is 113 Å². The topological polar surface area (TPSA) is 73.6 Å². The molecular weight excluding hydrogens is 271 g/mol. The third kappa shape index (κ3) is 1.65. The van der Waals surface area contributed by atoms with Crippen molar-refractivity contribution < 1.29 is 17.9 Å². The van der Waals surface area contributed by atoms with Crippen LogP contribution in [0.3, 0.4) is 0 Å². The van der Waals surface area contributed by atoms with E-state index in [4.69, 9.17) is 16.2 Å². The van der Waals surface area contributed by atoms with Gasteiger partial charge in [0.25, 0.3) is 12.4 Å². The number of alkyl halides is 2. The zero-order valence-corrected chi connectivity index (χ0v) is 10.7. The zero-order valence-electron chi connectivity index (χ0n) is 10.7. The summed E-state index contributed by atoms with van der Waals surface area (Å²) in [7, 11) is 0. The van der Waals surface area contributed by atoms with Gasteiger partial charge in [-0.05, 0) is 31.0 Å². The van der Waals surface area contributed by atoms with E-state index in [9.17, 15) is 13.2 Å². The summed E-state index contributed by atoms with van der Waals surface area (Å²) in [6.07, 6.45) is -2.94. The maximum atomic E-state index is 14.4. The Balaban J connectivity index is 2.25. The number of hydrogen-bond donors (Lipinski definition) is 2. The van der Waals surface area contributed by atoms with E-state index in [2.05, 4.69) is 4.99 Å². The summed E-state index contributed by atoms with van der Waals surface area (Å²) < 4.78 is 46.9. The van der Waals surface area contributed by atoms with Gasteiger partial charge in [0, 0.05) is 17.2 Å². The van der Waals surface area contributed by atoms with Crippen LogP contribution in [0.4, 0.5) is 18.9 Å². The van der Waals surface area contributed by atoms with Crippen LogP contribution in [0.5, 0.6) is 0 Å². The molecule has 1 fully saturated rings. The van der Waals surface area contributed by atoms with E-state index >= 15 is 0 Å². The maximum Gasteiger partial charge on any atom is 0.283 e. The molecule has 2 aliphatic rings. The highest BCUT2D eigenvalue weighted by Crippen LogP contribution is 2.56. The molecule has 0 amide bonds. The number of fused-ring (bicyclic) bond motifs is 1. The molecule has 1 aromatic rings. The van der Waals surface area contributed by atoms with Crippen molar-refractivity contribution in [3.8, 4) is 0 Å². The van der Waals surface area contributed by atoms with Gasteiger partial charge in [-0.1, -0.05) is 0 Å². The van der Waals surface area contributed by atoms with Crippen LogP contribution in [0.15, 0.2) is 17.1 Å². The zero-order chi connectivity index (χ0) is 14.7. The van der Waals surface area contributed by atoms with E-state index in [-0.39, 0.29) is 22.8 Å². The van der Waals surface area contributed by atoms with Gasteiger partial charge in [0.2, 0.25) is 0 Å². The molecule has 0 radical (unpaired) electrons. The van der Waals surface area contributed by atoms with E-state index in [1.54, 1.807) is 0 Å². The molecule has 1 aliphatic carbocycles. The molecule has 0 saturated heterocycles. The van der Waals surface area contributed by atoms with Crippen LogP contribution in [0, 0.1) is 18.7 Å². The van der Waals surface area contributed by atoms with Crippen molar-refractivity contribution in [1.29, 1.82) is 0 Å². The van der Waals surface area contributed by atoms with Crippen LogP contribution in [-0.2, 0) is 10.3 Å². The fraction of sp³-hybridized carbons (Fsp3) is 0.462. The maximum absolute atomic E-state index is 14.4. The molecule has 1 saturated carbocycles. The number of nitrogen functional groups attached to an aromatic ring is 1. The highest BCUT2D eigenvalue weighted by atomic mass is 19.3. The number of hydrogen-bond acceptors (Lipinski definition) is 4. The standard InChI is InChI=1S/C13H14F3N3O/c1-5-2-6(17)3-8(10(5)14)13(11(15)16)7-4-9(7)20-12(18)19-13/h2-3,7,9,11H,4,17H2,1H3,(H2,18,19)/t7-,9+,13-/m0/s1. The Morgan fingerprint density at radius 2 is 2.10 bits per heavy atom. The molecule has 0 spiro atoms. The molecule has 1 heterocycles. The third-order valence-electron chi connectivity index (χ3n) is 3.91. The summed E-state index contributed by atoms with van der Waals surface area (Å²) in [5.41, 5.74) is 9.35. The van der Waals surface area contributed by atoms with Crippen molar-refractivity contribution in [2.75, 3.05) is 5.73 Å². The Hall–Kier alpha value is -1.92. The van der Waals surface area contributed by atoms with Crippen LogP contribution in [-0.4, -0.2) is 18.6 Å². The molecule has 3 rings (SSSR count). The van der Waals surface area contributed by atoms with Crippen LogP contribution in [0.2, 0.25) is 0 Å². The summed E-state index contributed by atoms with van der Waals surface area (Å²) in [6.45, 7) is 1.48. The van der Waals surface area contributed by atoms with Gasteiger partial charge in [0.15, 0.2) is 5.54 Å². The van der Waals surface area contributed by atoms with Crippen molar-refractivity contribution in [2.45, 2.75) is 31.4 Å². The second kappa shape index (κ2) is 4.04. The number of benzene rings is 1. The van der Waals surface area contributed by atoms with Gasteiger partial charge in [-0.2, -0.15) is 0 Å². The average Bonchev–Trinajstić information content (AvgIpc) is 3.11. The number of aryl methyl sites for hydroxylation is 1. The lowest BCUT2D eigenvalue weighted by Crippen LogP contribution is -2.43. The van der Waals surface area contributed by atoms with Gasteiger partial charge in [-0.15, -0.1) is 0 Å². The van der Waals surface area contributed by atoms with Crippen molar-refractivity contribution in [2.24, 2.45) is 16.6 Å². The summed E-state index contributed by atoms with van der Waals surface area (Å²) in [5.74, 6) is -1.30. The molecule has 0 bridgehead atoms. The molecule has 1 aliphatic heterocycles. The third-order valence-corrected chi connectivity index (χ3v) is 3.91. The molecule has 4 N–H and O–H groups in total. The summed E-state index contributed by atoms with van der Waals surface area (Å²) >= 11 is 0. The van der Waals surface area contributed by atoms with E-state index in [0.29, 0.717) is 6.42 Å². The van der Waals surface area contributed by atoms with Crippen LogP contribution in [0.1, 0.15) is 17.5 Å². The number of halogens is 3. The number of rotatable bonds is 2. The van der Waals surface area contributed by atoms with Gasteiger partial charge >= 0.3 is 0 Å². The predicted octanol–water partition coefficient (Wildman–Crippen LogP) is 1.91. The average molecular weight is 285 g/mol. The van der Waals surface area contributed by atoms with Crippen LogP contribution >= 0.6 is 0 Å². The molecule has 0 aromatic heterocycles. The minimum atomic E-state index is -2.89. The molecule has 20 heavy (non-hydrogen) atoms. The summed E-state index contributed by atoms with van der Waals surface area (Å²) in [4.78, 5) is 3.78. The van der Waals surface area contributed by atoms with Gasteiger partial charge in [0.1, 0.15) is 11.9 Å². The SMILES string of the molecule is Cc1cc(N)cc([C@@]2(C(F)F)N=C(N)O[C@@H]3C[C@@H]32)c1F. The Morgan fingerprint density at radius 1 is 1.40 bits per heavy atom. The normalized spacial score (nSPS) is 31.6. The Morgan fingerprint density at radius 3 is 2.75 bits per heavy atom. The first kappa shape index (κ1) is 13.1. The lowest BCUT2D eigenvalue weighted by atomic mass is 9.83. The minimum absolute atomic E-state index is 0.205. The molecule has 7 heteroatoms. The van der Waals surface area contributed by atoms with Crippen LogP contribution < -0.4 is 11.5 Å². The quantitative estimate of drug-likeness (QED) is 0.815. The summed E-state index contributed by atoms with van der Waals surface area (Å²) in [5, 5.41) is 0. The van der Waals surface area contributed by atoms with Gasteiger partial charge in [-0.3, -0.25) is 0 Å². The van der Waals surface area contributed by atoms with Gasteiger partial charge in [0.05, 0.1) is 0 Å². The molecule has 3 atom stereocenters. The summed E-state index contributed by atoms with van der Waals surface area (Å²) in [6, 6.07) is 2.28. The fourth-order valence-electron chi connectivity index (χ4n) is 2.89. The number of anilines is 1. The number of nitrogens with zero attached hydrogens (tertiary/aromatic N) is 1. The Kier molecular flexibility index (Phi) is 2.64. The first-order valence-electron chi connectivity index (χ1n) is 6.22. The Bertz CT molecular complexity index is 605. The van der Waals surface area contributed by atoms with Crippen molar-refractivity contribution >= 4 is 11.7 Å². The number of ether oxygens (including phenoxy) is 1. The van der Waals surface area contributed by atoms with Crippen molar-refractivity contribution in [3.63, 3.8) is 0 Å². The highest BCUT2D eigenvalue weighted by molar-refractivity contribution is 5.74. The van der Waals surface area contributed by atoms with E-state index in [1.807, 2.05) is 0 Å². The molecule has 108 valence electrons. The first-order chi connectivity index (χ1) is 9.36. The fourth-order valence-corrected chi connectivity index (χ4v) is 2.89. The first-order valence-corrected chi connectivity index (χ1v) is 6.22. The number of amidine groups is 1. The van der Waals surface area contributed by atoms with Crippen molar-refractivity contribution in [1.82, 2.24) is 0 Å². The largest absolute Gasteiger partial charge is 0.462 e. The second-order valence-electron chi connectivity index (χ2n) is 5.27. The molecular formula is C13H14F3N3O. The minimum Gasteiger partial charge on any atom is -0.462 e. The number of nitrogens with two attached hydrogens (primary N) is 2. The van der Waals surface area contributed by atoms with Crippen molar-refractivity contribution in [3.05, 3.63) is 29.1 Å². The molecule has 0 unspecified atom stereocenters. The van der Waals surface area contributed by atoms with Gasteiger partial charge in [-0.25, -0.2) is 18.2 Å². The molecule has 4 nitrogen and oxygen atoms in total. The van der Waals surface area contributed by atoms with E-state index < -0.39 is 29.8 Å². The lowest BCUT2D eigenvalue weighted by molar-refractivity contribution is 0.0176. The second-order valence-corrected chi connectivity index (χ2v) is 5.27. The van der Waals surface area contributed by atoms with E-state index in [0.717, 1.165) is 0 Å². The van der Waals surface area contributed by atoms with Crippen LogP contribution in [0.25, 0.3) is 0 Å². The molecule has 1 aromatic carbocycles. The highest BCUT2D eigenvalue weighted by Gasteiger charge is 2.64. The van der Waals surface area contributed by atoms with Gasteiger partial charge < -0.3 is 16.2 Å². The monoisotopic (exact) mass is 285 g/mol. The predicted molar refractivity (Wildman–Crippen MR) is 67.8 cm³/mol.